The number of carbonyl (C=O) groups excluding carboxylic acids is 1. The minimum absolute atomic E-state index is 0.00251. The van der Waals surface area contributed by atoms with Crippen LogP contribution in [0.4, 0.5) is 10.1 Å². The molecule has 5 rings (SSSR count). The van der Waals surface area contributed by atoms with E-state index in [1.807, 2.05) is 42.6 Å². The SMILES string of the molecule is O=C(Nc1cc(-c2cccc3[nH]ccc23)cc2[nH]ncc12)c1ccccc1F. The number of anilines is 1. The van der Waals surface area contributed by atoms with Crippen LogP contribution in [0.3, 0.4) is 0 Å². The molecule has 0 saturated carbocycles. The van der Waals surface area contributed by atoms with Crippen molar-refractivity contribution in [2.45, 2.75) is 0 Å². The molecule has 0 bridgehead atoms. The van der Waals surface area contributed by atoms with Crippen LogP contribution in [-0.4, -0.2) is 21.1 Å². The molecule has 0 aliphatic rings. The Hall–Kier alpha value is -3.93. The number of carbonyl (C=O) groups is 1. The summed E-state index contributed by atoms with van der Waals surface area (Å²) in [5.41, 5.74) is 4.33. The van der Waals surface area contributed by atoms with E-state index in [0.29, 0.717) is 5.69 Å². The molecule has 5 nitrogen and oxygen atoms in total. The van der Waals surface area contributed by atoms with Gasteiger partial charge in [-0.15, -0.1) is 0 Å². The van der Waals surface area contributed by atoms with Gasteiger partial charge < -0.3 is 10.3 Å². The zero-order valence-corrected chi connectivity index (χ0v) is 14.7. The molecule has 0 spiro atoms. The Balaban J connectivity index is 1.63. The van der Waals surface area contributed by atoms with E-state index in [0.717, 1.165) is 32.9 Å². The number of aromatic nitrogens is 3. The zero-order valence-electron chi connectivity index (χ0n) is 14.7. The first-order valence-electron chi connectivity index (χ1n) is 8.80. The molecule has 1 amide bonds. The Morgan fingerprint density at radius 3 is 2.75 bits per heavy atom. The fraction of sp³-hybridized carbons (Fsp3) is 0. The summed E-state index contributed by atoms with van der Waals surface area (Å²) in [5, 5.41) is 11.7. The second kappa shape index (κ2) is 6.35. The molecule has 0 unspecified atom stereocenters. The maximum atomic E-state index is 14.0. The molecular formula is C22H15FN4O. The molecule has 0 aliphatic carbocycles. The molecule has 5 aromatic rings. The third-order valence-corrected chi connectivity index (χ3v) is 4.83. The van der Waals surface area contributed by atoms with E-state index in [1.54, 1.807) is 18.3 Å². The van der Waals surface area contributed by atoms with Crippen LogP contribution in [0, 0.1) is 5.82 Å². The summed E-state index contributed by atoms with van der Waals surface area (Å²) in [5.74, 6) is -1.06. The highest BCUT2D eigenvalue weighted by atomic mass is 19.1. The molecule has 136 valence electrons. The van der Waals surface area contributed by atoms with Gasteiger partial charge in [0, 0.05) is 22.5 Å². The molecule has 28 heavy (non-hydrogen) atoms. The molecule has 0 saturated heterocycles. The Morgan fingerprint density at radius 2 is 1.86 bits per heavy atom. The summed E-state index contributed by atoms with van der Waals surface area (Å²) in [6.45, 7) is 0. The van der Waals surface area contributed by atoms with Gasteiger partial charge in [-0.05, 0) is 47.5 Å². The fourth-order valence-electron chi connectivity index (χ4n) is 3.48. The minimum atomic E-state index is -0.559. The van der Waals surface area contributed by atoms with Gasteiger partial charge in [0.25, 0.3) is 5.91 Å². The van der Waals surface area contributed by atoms with Crippen LogP contribution in [-0.2, 0) is 0 Å². The van der Waals surface area contributed by atoms with Gasteiger partial charge in [-0.3, -0.25) is 9.89 Å². The molecule has 0 aliphatic heterocycles. The number of hydrogen-bond donors (Lipinski definition) is 3. The van der Waals surface area contributed by atoms with Crippen molar-refractivity contribution < 1.29 is 9.18 Å². The highest BCUT2D eigenvalue weighted by Gasteiger charge is 2.15. The summed E-state index contributed by atoms with van der Waals surface area (Å²) in [6, 6.07) is 17.8. The number of hydrogen-bond acceptors (Lipinski definition) is 2. The van der Waals surface area contributed by atoms with Gasteiger partial charge in [-0.2, -0.15) is 5.10 Å². The number of rotatable bonds is 3. The lowest BCUT2D eigenvalue weighted by atomic mass is 9.99. The number of H-pyrrole nitrogens is 2. The smallest absolute Gasteiger partial charge is 0.258 e. The molecule has 3 aromatic carbocycles. The van der Waals surface area contributed by atoms with Crippen molar-refractivity contribution in [3.05, 3.63) is 84.4 Å². The highest BCUT2D eigenvalue weighted by molar-refractivity contribution is 6.10. The second-order valence-electron chi connectivity index (χ2n) is 6.53. The topological polar surface area (TPSA) is 73.6 Å². The summed E-state index contributed by atoms with van der Waals surface area (Å²) in [7, 11) is 0. The van der Waals surface area contributed by atoms with Crippen molar-refractivity contribution in [2.75, 3.05) is 5.32 Å². The van der Waals surface area contributed by atoms with Crippen molar-refractivity contribution in [3.8, 4) is 11.1 Å². The van der Waals surface area contributed by atoms with E-state index < -0.39 is 11.7 Å². The molecule has 2 heterocycles. The van der Waals surface area contributed by atoms with Crippen LogP contribution in [0.25, 0.3) is 32.9 Å². The van der Waals surface area contributed by atoms with Crippen LogP contribution in [0.2, 0.25) is 0 Å². The van der Waals surface area contributed by atoms with Gasteiger partial charge in [-0.25, -0.2) is 4.39 Å². The van der Waals surface area contributed by atoms with E-state index in [1.165, 1.54) is 12.1 Å². The van der Waals surface area contributed by atoms with Gasteiger partial charge in [0.2, 0.25) is 0 Å². The van der Waals surface area contributed by atoms with Gasteiger partial charge in [0.1, 0.15) is 5.82 Å². The summed E-state index contributed by atoms with van der Waals surface area (Å²) in [4.78, 5) is 15.8. The number of nitrogens with one attached hydrogen (secondary N) is 3. The number of amides is 1. The van der Waals surface area contributed by atoms with E-state index in [4.69, 9.17) is 0 Å². The highest BCUT2D eigenvalue weighted by Crippen LogP contribution is 2.34. The van der Waals surface area contributed by atoms with Crippen molar-refractivity contribution in [1.82, 2.24) is 15.2 Å². The number of halogens is 1. The lowest BCUT2D eigenvalue weighted by Gasteiger charge is -2.11. The van der Waals surface area contributed by atoms with Crippen molar-refractivity contribution >= 4 is 33.4 Å². The van der Waals surface area contributed by atoms with Crippen molar-refractivity contribution in [1.29, 1.82) is 0 Å². The predicted octanol–water partition coefficient (Wildman–Crippen LogP) is 5.10. The first-order valence-corrected chi connectivity index (χ1v) is 8.80. The molecule has 6 heteroatoms. The average molecular weight is 370 g/mol. The van der Waals surface area contributed by atoms with Crippen LogP contribution in [0.5, 0.6) is 0 Å². The van der Waals surface area contributed by atoms with Gasteiger partial charge >= 0.3 is 0 Å². The van der Waals surface area contributed by atoms with Crippen molar-refractivity contribution in [3.63, 3.8) is 0 Å². The molecule has 0 fully saturated rings. The van der Waals surface area contributed by atoms with E-state index in [9.17, 15) is 9.18 Å². The fourth-order valence-corrected chi connectivity index (χ4v) is 3.48. The lowest BCUT2D eigenvalue weighted by molar-refractivity contribution is 0.102. The normalized spacial score (nSPS) is 11.2. The van der Waals surface area contributed by atoms with Gasteiger partial charge in [-0.1, -0.05) is 24.3 Å². The number of nitrogens with zero attached hydrogens (tertiary/aromatic N) is 1. The third kappa shape index (κ3) is 2.63. The van der Waals surface area contributed by atoms with E-state index in [-0.39, 0.29) is 5.56 Å². The van der Waals surface area contributed by atoms with Gasteiger partial charge in [0.15, 0.2) is 0 Å². The van der Waals surface area contributed by atoms with Crippen LogP contribution < -0.4 is 5.32 Å². The number of benzene rings is 3. The second-order valence-corrected chi connectivity index (χ2v) is 6.53. The Labute approximate surface area is 159 Å². The number of aromatic amines is 2. The first-order chi connectivity index (χ1) is 13.7. The average Bonchev–Trinajstić information content (AvgIpc) is 3.37. The first kappa shape index (κ1) is 16.3. The monoisotopic (exact) mass is 370 g/mol. The lowest BCUT2D eigenvalue weighted by Crippen LogP contribution is -2.13. The quantitative estimate of drug-likeness (QED) is 0.413. The van der Waals surface area contributed by atoms with Crippen LogP contribution >= 0.6 is 0 Å². The Morgan fingerprint density at radius 1 is 0.964 bits per heavy atom. The molecule has 2 aromatic heterocycles. The number of fused-ring (bicyclic) bond motifs is 2. The standard InChI is InChI=1S/C22H15FN4O/c23-18-6-2-1-4-16(18)22(28)26-20-10-13(11-21-17(20)12-25-27-21)14-5-3-7-19-15(14)8-9-24-19/h1-12,24H,(H,25,27)(H,26,28). The van der Waals surface area contributed by atoms with Gasteiger partial charge in [0.05, 0.1) is 23.0 Å². The largest absolute Gasteiger partial charge is 0.361 e. The summed E-state index contributed by atoms with van der Waals surface area (Å²) in [6.07, 6.45) is 3.54. The zero-order chi connectivity index (χ0) is 19.1. The maximum absolute atomic E-state index is 14.0. The molecular weight excluding hydrogens is 355 g/mol. The van der Waals surface area contributed by atoms with Crippen molar-refractivity contribution in [2.24, 2.45) is 0 Å². The van der Waals surface area contributed by atoms with Crippen LogP contribution in [0.1, 0.15) is 10.4 Å². The van der Waals surface area contributed by atoms with E-state index in [2.05, 4.69) is 20.5 Å². The Bertz CT molecular complexity index is 1330. The summed E-state index contributed by atoms with van der Waals surface area (Å²) < 4.78 is 14.0. The predicted molar refractivity (Wildman–Crippen MR) is 108 cm³/mol. The molecule has 0 atom stereocenters. The minimum Gasteiger partial charge on any atom is -0.361 e. The van der Waals surface area contributed by atoms with Crippen LogP contribution in [0.15, 0.2) is 73.1 Å². The summed E-state index contributed by atoms with van der Waals surface area (Å²) >= 11 is 0. The Kier molecular flexibility index (Phi) is 3.69. The van der Waals surface area contributed by atoms with E-state index >= 15 is 0 Å². The third-order valence-electron chi connectivity index (χ3n) is 4.83. The maximum Gasteiger partial charge on any atom is 0.258 e. The molecule has 0 radical (unpaired) electrons. The molecule has 3 N–H and O–H groups in total.